The largest absolute Gasteiger partial charge is 0.759 e. The van der Waals surface area contributed by atoms with Crippen LogP contribution in [0.3, 0.4) is 0 Å². The van der Waals surface area contributed by atoms with Gasteiger partial charge in [-0.15, -0.1) is 0 Å². The third-order valence-electron chi connectivity index (χ3n) is 4.97. The molecule has 0 amide bonds. The average Bonchev–Trinajstić information content (AvgIpc) is 2.80. The van der Waals surface area contributed by atoms with E-state index >= 15 is 0 Å². The molecule has 1 aliphatic rings. The zero-order chi connectivity index (χ0) is 23.5. The van der Waals surface area contributed by atoms with Crippen LogP contribution in [0.1, 0.15) is 30.9 Å². The Kier molecular flexibility index (Phi) is 9.96. The second-order valence-electron chi connectivity index (χ2n) is 7.29. The molecule has 1 saturated heterocycles. The van der Waals surface area contributed by atoms with E-state index in [1.54, 1.807) is 23.1 Å². The van der Waals surface area contributed by atoms with Crippen molar-refractivity contribution >= 4 is 18.4 Å². The zero-order valence-corrected chi connectivity index (χ0v) is 19.6. The summed E-state index contributed by atoms with van der Waals surface area (Å²) in [6.07, 6.45) is 1.96. The van der Waals surface area contributed by atoms with Gasteiger partial charge in [0.25, 0.3) is 0 Å². The maximum absolute atomic E-state index is 9.43. The summed E-state index contributed by atoms with van der Waals surface area (Å²) in [6, 6.07) is 9.20. The maximum atomic E-state index is 9.43. The maximum Gasteiger partial charge on any atom is 0.161 e. The molecule has 3 N–H and O–H groups in total. The lowest BCUT2D eigenvalue weighted by molar-refractivity contribution is -0.888. The minimum absolute atomic E-state index is 0.00346. The molecular formula is C23H29N5O3S. The van der Waals surface area contributed by atoms with Gasteiger partial charge < -0.3 is 37.5 Å². The lowest BCUT2D eigenvalue weighted by Gasteiger charge is -2.18. The van der Waals surface area contributed by atoms with Crippen LogP contribution in [0.25, 0.3) is 11.1 Å². The van der Waals surface area contributed by atoms with Crippen molar-refractivity contribution in [3.05, 3.63) is 29.3 Å². The van der Waals surface area contributed by atoms with E-state index in [9.17, 15) is 10.5 Å². The van der Waals surface area contributed by atoms with Gasteiger partial charge in [0.1, 0.15) is 30.5 Å². The Morgan fingerprint density at radius 1 is 1.19 bits per heavy atom. The molecule has 1 aromatic carbocycles. The SMILES string of the molecule is CCCCOc1ccc(-c2c(C#N)c(N)nc([S-])c2C#N)cc1OC.C[NH+]1CCOCC1. The molecule has 0 radical (unpaired) electrons. The molecule has 0 aliphatic carbocycles. The van der Waals surface area contributed by atoms with E-state index in [1.807, 2.05) is 12.1 Å². The fourth-order valence-corrected chi connectivity index (χ4v) is 3.32. The predicted molar refractivity (Wildman–Crippen MR) is 124 cm³/mol. The summed E-state index contributed by atoms with van der Waals surface area (Å²) in [6.45, 7) is 6.92. The molecule has 0 unspecified atom stereocenters. The molecule has 0 bridgehead atoms. The third-order valence-corrected chi connectivity index (χ3v) is 5.27. The number of hydrogen-bond donors (Lipinski definition) is 2. The number of nitrogens with zero attached hydrogens (tertiary/aromatic N) is 3. The highest BCUT2D eigenvalue weighted by atomic mass is 32.1. The molecule has 1 aliphatic heterocycles. The molecule has 1 aromatic heterocycles. The Hall–Kier alpha value is -3.11. The zero-order valence-electron chi connectivity index (χ0n) is 18.7. The molecule has 3 rings (SSSR count). The van der Waals surface area contributed by atoms with Crippen LogP contribution in [0.15, 0.2) is 23.2 Å². The van der Waals surface area contributed by atoms with Crippen molar-refractivity contribution in [3.63, 3.8) is 0 Å². The number of methoxy groups -OCH3 is 1. The number of anilines is 1. The number of nitrogens with one attached hydrogen (secondary N) is 1. The number of morpholine rings is 1. The van der Waals surface area contributed by atoms with Crippen LogP contribution in [0, 0.1) is 22.7 Å². The van der Waals surface area contributed by atoms with Gasteiger partial charge in [0.2, 0.25) is 0 Å². The number of nitrogen functional groups attached to an aromatic ring is 1. The minimum atomic E-state index is 0.00346. The van der Waals surface area contributed by atoms with E-state index in [4.69, 9.17) is 32.6 Å². The van der Waals surface area contributed by atoms with Gasteiger partial charge in [-0.2, -0.15) is 10.5 Å². The van der Waals surface area contributed by atoms with Gasteiger partial charge in [-0.1, -0.05) is 24.4 Å². The molecule has 32 heavy (non-hydrogen) atoms. The van der Waals surface area contributed by atoms with Crippen molar-refractivity contribution in [2.24, 2.45) is 0 Å². The van der Waals surface area contributed by atoms with Crippen LogP contribution in [-0.4, -0.2) is 52.1 Å². The van der Waals surface area contributed by atoms with Crippen molar-refractivity contribution in [2.45, 2.75) is 24.8 Å². The first-order valence-corrected chi connectivity index (χ1v) is 10.9. The van der Waals surface area contributed by atoms with E-state index < -0.39 is 0 Å². The quantitative estimate of drug-likeness (QED) is 0.499. The Balaban J connectivity index is 0.000000439. The number of likely N-dealkylation sites (N-methyl/N-ethyl adjacent to an activating group) is 1. The Morgan fingerprint density at radius 2 is 1.88 bits per heavy atom. The number of quaternary nitrogens is 1. The molecule has 170 valence electrons. The Bertz CT molecular complexity index is 956. The van der Waals surface area contributed by atoms with Crippen LogP contribution in [0.5, 0.6) is 11.5 Å². The topological polar surface area (TPSA) is 119 Å². The van der Waals surface area contributed by atoms with Gasteiger partial charge in [-0.05, 0) is 24.1 Å². The summed E-state index contributed by atoms with van der Waals surface area (Å²) in [5.74, 6) is 1.10. The lowest BCUT2D eigenvalue weighted by atomic mass is 9.96. The summed E-state index contributed by atoms with van der Waals surface area (Å²) >= 11 is 5.11. The molecule has 9 heteroatoms. The summed E-state index contributed by atoms with van der Waals surface area (Å²) in [5, 5.41) is 18.9. The fourth-order valence-electron chi connectivity index (χ4n) is 3.08. The number of hydrogen-bond acceptors (Lipinski definition) is 8. The number of nitriles is 2. The minimum Gasteiger partial charge on any atom is -0.759 e. The highest BCUT2D eigenvalue weighted by molar-refractivity contribution is 7.58. The van der Waals surface area contributed by atoms with Gasteiger partial charge in [0, 0.05) is 5.56 Å². The fraction of sp³-hybridized carbons (Fsp3) is 0.435. The molecular weight excluding hydrogens is 426 g/mol. The van der Waals surface area contributed by atoms with Crippen molar-refractivity contribution in [1.29, 1.82) is 10.5 Å². The average molecular weight is 456 g/mol. The second-order valence-corrected chi connectivity index (χ2v) is 7.67. The Labute approximate surface area is 194 Å². The van der Waals surface area contributed by atoms with Gasteiger partial charge >= 0.3 is 0 Å². The number of unbranched alkanes of at least 4 members (excludes halogenated alkanes) is 1. The molecule has 0 spiro atoms. The van der Waals surface area contributed by atoms with Crippen LogP contribution >= 0.6 is 0 Å². The van der Waals surface area contributed by atoms with Crippen molar-refractivity contribution in [1.82, 2.24) is 4.98 Å². The first-order valence-electron chi connectivity index (χ1n) is 10.5. The van der Waals surface area contributed by atoms with E-state index in [2.05, 4.69) is 19.0 Å². The van der Waals surface area contributed by atoms with Gasteiger partial charge in [0.15, 0.2) is 11.5 Å². The lowest BCUT2D eigenvalue weighted by Crippen LogP contribution is -3.11. The number of ether oxygens (including phenoxy) is 3. The number of aromatic nitrogens is 1. The molecule has 0 saturated carbocycles. The third kappa shape index (κ3) is 6.44. The molecule has 8 nitrogen and oxygen atoms in total. The molecule has 2 heterocycles. The molecule has 0 atom stereocenters. The van der Waals surface area contributed by atoms with Gasteiger partial charge in [-0.25, -0.2) is 0 Å². The van der Waals surface area contributed by atoms with Crippen LogP contribution in [-0.2, 0) is 17.4 Å². The van der Waals surface area contributed by atoms with Crippen molar-refractivity contribution in [3.8, 4) is 34.8 Å². The first kappa shape index (κ1) is 25.2. The summed E-state index contributed by atoms with van der Waals surface area (Å²) in [7, 11) is 3.73. The highest BCUT2D eigenvalue weighted by Crippen LogP contribution is 2.37. The van der Waals surface area contributed by atoms with Crippen LogP contribution < -0.4 is 20.1 Å². The first-order chi connectivity index (χ1) is 15.5. The monoisotopic (exact) mass is 455 g/mol. The summed E-state index contributed by atoms with van der Waals surface area (Å²) in [4.78, 5) is 5.49. The normalized spacial score (nSPS) is 13.3. The number of nitrogens with two attached hydrogens (primary N) is 1. The number of rotatable bonds is 6. The summed E-state index contributed by atoms with van der Waals surface area (Å²) in [5.41, 5.74) is 7.02. The van der Waals surface area contributed by atoms with Crippen LogP contribution in [0.2, 0.25) is 0 Å². The van der Waals surface area contributed by atoms with E-state index in [0.29, 0.717) is 29.2 Å². The van der Waals surface area contributed by atoms with Crippen LogP contribution in [0.4, 0.5) is 5.82 Å². The van der Waals surface area contributed by atoms with Gasteiger partial charge in [0.05, 0.1) is 45.6 Å². The van der Waals surface area contributed by atoms with E-state index in [-0.39, 0.29) is 22.0 Å². The predicted octanol–water partition coefficient (Wildman–Crippen LogP) is 1.70. The number of pyridine rings is 1. The Morgan fingerprint density at radius 3 is 2.41 bits per heavy atom. The van der Waals surface area contributed by atoms with Crippen molar-refractivity contribution in [2.75, 3.05) is 52.8 Å². The number of benzene rings is 1. The highest BCUT2D eigenvalue weighted by Gasteiger charge is 2.18. The second kappa shape index (κ2) is 12.7. The standard InChI is InChI=1S/C18H18N4O2S.C5H11NO/c1-3-4-7-24-14-6-5-11(8-15(14)23-2)16-12(9-19)17(21)22-18(25)13(16)10-20;1-6-2-4-7-5-3-6/h5-6,8H,3-4,7H2,1-2H3,(H3,21,22,25);2-5H2,1H3. The van der Waals surface area contributed by atoms with Crippen molar-refractivity contribution < 1.29 is 19.1 Å². The summed E-state index contributed by atoms with van der Waals surface area (Å²) < 4.78 is 16.2. The van der Waals surface area contributed by atoms with E-state index in [0.717, 1.165) is 26.1 Å². The smallest absolute Gasteiger partial charge is 0.161 e. The molecule has 2 aromatic rings. The molecule has 1 fully saturated rings. The van der Waals surface area contributed by atoms with E-state index in [1.165, 1.54) is 20.2 Å². The van der Waals surface area contributed by atoms with Gasteiger partial charge in [-0.3, -0.25) is 4.98 Å².